The number of imide groups is 1. The molecular formula is C34H46N4O4. The monoisotopic (exact) mass is 574 g/mol. The Hall–Kier alpha value is -3.23. The largest absolute Gasteiger partial charge is 0.489 e. The van der Waals surface area contributed by atoms with Gasteiger partial charge in [-0.1, -0.05) is 68.9 Å². The van der Waals surface area contributed by atoms with E-state index in [0.29, 0.717) is 30.9 Å². The van der Waals surface area contributed by atoms with Crippen molar-refractivity contribution in [3.05, 3.63) is 64.7 Å². The van der Waals surface area contributed by atoms with Crippen LogP contribution in [0.5, 0.6) is 5.75 Å². The predicted octanol–water partition coefficient (Wildman–Crippen LogP) is 4.99. The van der Waals surface area contributed by atoms with E-state index in [4.69, 9.17) is 4.74 Å². The van der Waals surface area contributed by atoms with Crippen LogP contribution in [0.2, 0.25) is 0 Å². The van der Waals surface area contributed by atoms with E-state index >= 15 is 0 Å². The maximum Gasteiger partial charge on any atom is 0.255 e. The van der Waals surface area contributed by atoms with Gasteiger partial charge >= 0.3 is 0 Å². The van der Waals surface area contributed by atoms with Crippen molar-refractivity contribution < 1.29 is 19.1 Å². The maximum absolute atomic E-state index is 13.0. The Morgan fingerprint density at radius 1 is 0.833 bits per heavy atom. The molecule has 2 aliphatic heterocycles. The summed E-state index contributed by atoms with van der Waals surface area (Å²) in [5, 5.41) is 9.66. The highest BCUT2D eigenvalue weighted by molar-refractivity contribution is 6.05. The minimum atomic E-state index is -0.630. The number of benzene rings is 2. The number of carbonyl (C=O) groups excluding carboxylic acids is 3. The molecule has 8 heteroatoms. The number of hydrogen-bond donors (Lipinski definition) is 3. The van der Waals surface area contributed by atoms with Gasteiger partial charge in [0.05, 0.1) is 6.54 Å². The first kappa shape index (κ1) is 30.2. The van der Waals surface area contributed by atoms with Crippen LogP contribution in [-0.2, 0) is 29.3 Å². The van der Waals surface area contributed by atoms with Gasteiger partial charge in [0.1, 0.15) is 18.4 Å². The summed E-state index contributed by atoms with van der Waals surface area (Å²) < 4.78 is 6.14. The first-order valence-corrected chi connectivity index (χ1v) is 16.0. The van der Waals surface area contributed by atoms with Crippen molar-refractivity contribution in [3.8, 4) is 5.75 Å². The molecule has 1 atom stereocenters. The molecule has 2 aromatic carbocycles. The van der Waals surface area contributed by atoms with Crippen LogP contribution in [-0.4, -0.2) is 47.8 Å². The van der Waals surface area contributed by atoms with Gasteiger partial charge in [-0.3, -0.25) is 19.7 Å². The second-order valence-electron chi connectivity index (χ2n) is 12.0. The molecule has 5 rings (SSSR count). The Morgan fingerprint density at radius 3 is 2.36 bits per heavy atom. The second-order valence-corrected chi connectivity index (χ2v) is 12.0. The van der Waals surface area contributed by atoms with E-state index in [1.54, 1.807) is 11.0 Å². The third-order valence-corrected chi connectivity index (χ3v) is 8.85. The molecule has 3 aliphatic rings. The number of carbonyl (C=O) groups is 3. The summed E-state index contributed by atoms with van der Waals surface area (Å²) in [7, 11) is 0. The highest BCUT2D eigenvalue weighted by Gasteiger charge is 2.40. The van der Waals surface area contributed by atoms with Crippen LogP contribution < -0.4 is 20.7 Å². The maximum atomic E-state index is 13.0. The summed E-state index contributed by atoms with van der Waals surface area (Å²) in [5.74, 6) is -0.228. The molecular weight excluding hydrogens is 528 g/mol. The predicted molar refractivity (Wildman–Crippen MR) is 163 cm³/mol. The van der Waals surface area contributed by atoms with Gasteiger partial charge in [-0.2, -0.15) is 0 Å². The second kappa shape index (κ2) is 15.3. The van der Waals surface area contributed by atoms with Gasteiger partial charge < -0.3 is 20.3 Å². The zero-order valence-electron chi connectivity index (χ0n) is 24.8. The highest BCUT2D eigenvalue weighted by atomic mass is 16.5. The van der Waals surface area contributed by atoms with Crippen LogP contribution in [0.4, 0.5) is 0 Å². The lowest BCUT2D eigenvalue weighted by atomic mass is 9.95. The molecule has 226 valence electrons. The molecule has 0 spiro atoms. The summed E-state index contributed by atoms with van der Waals surface area (Å²) in [6, 6.07) is 14.0. The lowest BCUT2D eigenvalue weighted by Crippen LogP contribution is -2.52. The van der Waals surface area contributed by atoms with Crippen molar-refractivity contribution in [1.29, 1.82) is 0 Å². The molecule has 3 amide bonds. The Morgan fingerprint density at radius 2 is 1.57 bits per heavy atom. The molecule has 42 heavy (non-hydrogen) atoms. The first-order valence-electron chi connectivity index (χ1n) is 16.0. The average molecular weight is 575 g/mol. The molecule has 2 aromatic rings. The molecule has 0 radical (unpaired) electrons. The SMILES string of the molecule is O=C1CCC(N2Cc3c(OCc4ccc(CNCCCCCCCNC5CCCCC5)cc4)cccc3C2=O)C(=O)N1. The molecule has 2 heterocycles. The van der Waals surface area contributed by atoms with Crippen molar-refractivity contribution in [2.24, 2.45) is 0 Å². The summed E-state index contributed by atoms with van der Waals surface area (Å²) in [6.07, 6.45) is 14.0. The van der Waals surface area contributed by atoms with Gasteiger partial charge in [0.25, 0.3) is 5.91 Å². The zero-order valence-corrected chi connectivity index (χ0v) is 24.8. The number of ether oxygens (including phenoxy) is 1. The molecule has 1 unspecified atom stereocenters. The average Bonchev–Trinajstić information content (AvgIpc) is 3.34. The molecule has 2 fully saturated rings. The lowest BCUT2D eigenvalue weighted by Gasteiger charge is -2.29. The van der Waals surface area contributed by atoms with E-state index < -0.39 is 11.9 Å². The van der Waals surface area contributed by atoms with E-state index in [0.717, 1.165) is 30.3 Å². The minimum Gasteiger partial charge on any atom is -0.489 e. The van der Waals surface area contributed by atoms with E-state index in [2.05, 4.69) is 40.2 Å². The van der Waals surface area contributed by atoms with Crippen molar-refractivity contribution in [3.63, 3.8) is 0 Å². The summed E-state index contributed by atoms with van der Waals surface area (Å²) in [5.41, 5.74) is 3.66. The van der Waals surface area contributed by atoms with E-state index in [1.807, 2.05) is 12.1 Å². The van der Waals surface area contributed by atoms with E-state index in [-0.39, 0.29) is 18.2 Å². The normalized spacial score (nSPS) is 19.2. The summed E-state index contributed by atoms with van der Waals surface area (Å²) >= 11 is 0. The van der Waals surface area contributed by atoms with Crippen LogP contribution in [0.25, 0.3) is 0 Å². The van der Waals surface area contributed by atoms with E-state index in [1.165, 1.54) is 76.3 Å². The fourth-order valence-corrected chi connectivity index (χ4v) is 6.36. The van der Waals surface area contributed by atoms with Crippen LogP contribution >= 0.6 is 0 Å². The van der Waals surface area contributed by atoms with Gasteiger partial charge in [-0.15, -0.1) is 0 Å². The van der Waals surface area contributed by atoms with Crippen LogP contribution in [0, 0.1) is 0 Å². The van der Waals surface area contributed by atoms with E-state index in [9.17, 15) is 14.4 Å². The molecule has 8 nitrogen and oxygen atoms in total. The third-order valence-electron chi connectivity index (χ3n) is 8.85. The number of piperidine rings is 1. The van der Waals surface area contributed by atoms with Gasteiger partial charge in [0.2, 0.25) is 11.8 Å². The van der Waals surface area contributed by atoms with Gasteiger partial charge in [0.15, 0.2) is 0 Å². The first-order chi connectivity index (χ1) is 20.6. The molecule has 1 saturated heterocycles. The van der Waals surface area contributed by atoms with Crippen LogP contribution in [0.3, 0.4) is 0 Å². The fraction of sp³-hybridized carbons (Fsp3) is 0.559. The number of unbranched alkanes of at least 4 members (excludes halogenated alkanes) is 4. The number of rotatable bonds is 15. The number of nitrogens with one attached hydrogen (secondary N) is 3. The lowest BCUT2D eigenvalue weighted by molar-refractivity contribution is -0.136. The Balaban J connectivity index is 0.974. The summed E-state index contributed by atoms with van der Waals surface area (Å²) in [4.78, 5) is 38.5. The number of nitrogens with zero attached hydrogens (tertiary/aromatic N) is 1. The quantitative estimate of drug-likeness (QED) is 0.205. The molecule has 0 aromatic heterocycles. The molecule has 0 bridgehead atoms. The van der Waals surface area contributed by atoms with Crippen molar-refractivity contribution in [2.75, 3.05) is 13.1 Å². The smallest absolute Gasteiger partial charge is 0.255 e. The minimum absolute atomic E-state index is 0.191. The van der Waals surface area contributed by atoms with Crippen LogP contribution in [0.15, 0.2) is 42.5 Å². The number of hydrogen-bond acceptors (Lipinski definition) is 6. The Kier molecular flexibility index (Phi) is 11.0. The van der Waals surface area contributed by atoms with Crippen LogP contribution in [0.1, 0.15) is 104 Å². The van der Waals surface area contributed by atoms with Gasteiger partial charge in [-0.25, -0.2) is 0 Å². The number of fused-ring (bicyclic) bond motifs is 1. The van der Waals surface area contributed by atoms with Gasteiger partial charge in [0, 0.05) is 30.1 Å². The third kappa shape index (κ3) is 8.19. The Labute approximate surface area is 250 Å². The fourth-order valence-electron chi connectivity index (χ4n) is 6.36. The summed E-state index contributed by atoms with van der Waals surface area (Å²) in [6.45, 7) is 3.78. The zero-order chi connectivity index (χ0) is 29.1. The van der Waals surface area contributed by atoms with Gasteiger partial charge in [-0.05, 0) is 68.5 Å². The highest BCUT2D eigenvalue weighted by Crippen LogP contribution is 2.34. The Bertz CT molecular complexity index is 1210. The van der Waals surface area contributed by atoms with Crippen molar-refractivity contribution in [1.82, 2.24) is 20.9 Å². The molecule has 3 N–H and O–H groups in total. The van der Waals surface area contributed by atoms with Crippen molar-refractivity contribution >= 4 is 17.7 Å². The number of amides is 3. The molecule has 1 saturated carbocycles. The van der Waals surface area contributed by atoms with Crippen molar-refractivity contribution in [2.45, 2.75) is 109 Å². The molecule has 1 aliphatic carbocycles. The topological polar surface area (TPSA) is 99.8 Å². The standard InChI is InChI=1S/C34H46N4O4/c39-32-19-18-30(33(40)37-32)38-23-29-28(34(38)41)12-9-13-31(29)42-24-26-16-14-25(15-17-26)22-35-20-7-2-1-3-8-21-36-27-10-5-4-6-11-27/h9,12-17,27,30,35-36H,1-8,10-11,18-24H2,(H,37,39,40).